The second kappa shape index (κ2) is 5.31. The van der Waals surface area contributed by atoms with Crippen LogP contribution in [0.15, 0.2) is 30.6 Å². The molecule has 0 unspecified atom stereocenters. The van der Waals surface area contributed by atoms with Crippen LogP contribution in [0, 0.1) is 3.57 Å². The maximum Gasteiger partial charge on any atom is 0.150 e. The van der Waals surface area contributed by atoms with Gasteiger partial charge in [0.15, 0.2) is 0 Å². The van der Waals surface area contributed by atoms with Crippen LogP contribution in [0.1, 0.15) is 15.9 Å². The number of benzene rings is 1. The molecular weight excluding hydrogens is 331 g/mol. The molecule has 0 atom stereocenters. The Kier molecular flexibility index (Phi) is 3.78. The maximum atomic E-state index is 10.8. The molecule has 88 valence electrons. The number of hydrogen-bond acceptors (Lipinski definition) is 3. The first kappa shape index (κ1) is 12.1. The highest BCUT2D eigenvalue weighted by molar-refractivity contribution is 14.1. The Morgan fingerprint density at radius 2 is 2.35 bits per heavy atom. The normalized spacial score (nSPS) is 10.2. The molecule has 0 aliphatic rings. The molecule has 0 saturated heterocycles. The van der Waals surface area contributed by atoms with E-state index in [9.17, 15) is 4.79 Å². The molecule has 0 saturated carbocycles. The van der Waals surface area contributed by atoms with Crippen LogP contribution >= 0.6 is 22.6 Å². The number of hydrogen-bond donors (Lipinski definition) is 0. The second-order valence-electron chi connectivity index (χ2n) is 3.55. The van der Waals surface area contributed by atoms with Crippen LogP contribution in [-0.2, 0) is 6.54 Å². The van der Waals surface area contributed by atoms with Crippen LogP contribution in [0.2, 0.25) is 0 Å². The topological polar surface area (TPSA) is 44.1 Å². The monoisotopic (exact) mass is 342 g/mol. The summed E-state index contributed by atoms with van der Waals surface area (Å²) >= 11 is 2.20. The summed E-state index contributed by atoms with van der Waals surface area (Å²) in [5.41, 5.74) is 1.58. The van der Waals surface area contributed by atoms with Gasteiger partial charge in [0, 0.05) is 17.3 Å². The third-order valence-electron chi connectivity index (χ3n) is 2.37. The molecule has 0 spiro atoms. The van der Waals surface area contributed by atoms with Gasteiger partial charge in [0.05, 0.1) is 23.4 Å². The number of nitrogens with zero attached hydrogens (tertiary/aromatic N) is 2. The summed E-state index contributed by atoms with van der Waals surface area (Å²) in [6, 6.07) is 5.36. The molecule has 4 nitrogen and oxygen atoms in total. The maximum absolute atomic E-state index is 10.8. The minimum atomic E-state index is 0.591. The Labute approximate surface area is 113 Å². The highest BCUT2D eigenvalue weighted by Crippen LogP contribution is 2.20. The van der Waals surface area contributed by atoms with E-state index in [4.69, 9.17) is 4.74 Å². The van der Waals surface area contributed by atoms with E-state index in [0.29, 0.717) is 12.1 Å². The second-order valence-corrected chi connectivity index (χ2v) is 4.79. The zero-order valence-corrected chi connectivity index (χ0v) is 11.4. The molecule has 0 aliphatic carbocycles. The van der Waals surface area contributed by atoms with Crippen molar-refractivity contribution >= 4 is 28.9 Å². The highest BCUT2D eigenvalue weighted by Gasteiger charge is 2.06. The smallest absolute Gasteiger partial charge is 0.150 e. The molecule has 0 radical (unpaired) electrons. The van der Waals surface area contributed by atoms with Gasteiger partial charge in [-0.2, -0.15) is 5.10 Å². The fourth-order valence-corrected chi connectivity index (χ4v) is 2.04. The minimum absolute atomic E-state index is 0.591. The van der Waals surface area contributed by atoms with Gasteiger partial charge in [-0.05, 0) is 40.8 Å². The van der Waals surface area contributed by atoms with Gasteiger partial charge in [0.1, 0.15) is 12.0 Å². The average Bonchev–Trinajstić information content (AvgIpc) is 2.74. The predicted octanol–water partition coefficient (Wildman–Crippen LogP) is 2.36. The number of ether oxygens (including phenoxy) is 1. The predicted molar refractivity (Wildman–Crippen MR) is 72.4 cm³/mol. The summed E-state index contributed by atoms with van der Waals surface area (Å²) in [5, 5.41) is 4.21. The van der Waals surface area contributed by atoms with Gasteiger partial charge in [0.25, 0.3) is 0 Å². The van der Waals surface area contributed by atoms with Crippen molar-refractivity contribution in [3.63, 3.8) is 0 Å². The SMILES string of the molecule is COc1ccc(C=O)cc1Cn1cc(I)cn1. The van der Waals surface area contributed by atoms with E-state index in [1.54, 1.807) is 25.4 Å². The summed E-state index contributed by atoms with van der Waals surface area (Å²) < 4.78 is 8.16. The van der Waals surface area contributed by atoms with E-state index in [1.807, 2.05) is 16.9 Å². The molecule has 2 aromatic rings. The van der Waals surface area contributed by atoms with Gasteiger partial charge in [0.2, 0.25) is 0 Å². The molecule has 1 aromatic carbocycles. The first-order chi connectivity index (χ1) is 8.22. The molecule has 0 fully saturated rings. The molecule has 1 aromatic heterocycles. The van der Waals surface area contributed by atoms with Crippen molar-refractivity contribution in [3.05, 3.63) is 45.3 Å². The fourth-order valence-electron chi connectivity index (χ4n) is 1.59. The number of methoxy groups -OCH3 is 1. The fraction of sp³-hybridized carbons (Fsp3) is 0.167. The lowest BCUT2D eigenvalue weighted by atomic mass is 10.1. The highest BCUT2D eigenvalue weighted by atomic mass is 127. The number of carbonyl (C=O) groups is 1. The molecule has 5 heteroatoms. The Bertz CT molecular complexity index is 537. The number of halogens is 1. The molecule has 17 heavy (non-hydrogen) atoms. The van der Waals surface area contributed by atoms with Crippen molar-refractivity contribution in [2.24, 2.45) is 0 Å². The lowest BCUT2D eigenvalue weighted by Crippen LogP contribution is -2.03. The van der Waals surface area contributed by atoms with E-state index in [2.05, 4.69) is 27.7 Å². The van der Waals surface area contributed by atoms with Gasteiger partial charge in [-0.1, -0.05) is 0 Å². The van der Waals surface area contributed by atoms with Crippen LogP contribution < -0.4 is 4.74 Å². The van der Waals surface area contributed by atoms with Crippen molar-refractivity contribution < 1.29 is 9.53 Å². The van der Waals surface area contributed by atoms with Crippen LogP contribution in [0.4, 0.5) is 0 Å². The minimum Gasteiger partial charge on any atom is -0.496 e. The summed E-state index contributed by atoms with van der Waals surface area (Å²) in [5.74, 6) is 0.765. The van der Waals surface area contributed by atoms with E-state index < -0.39 is 0 Å². The van der Waals surface area contributed by atoms with Gasteiger partial charge < -0.3 is 4.74 Å². The van der Waals surface area contributed by atoms with Crippen LogP contribution in [0.25, 0.3) is 0 Å². The summed E-state index contributed by atoms with van der Waals surface area (Å²) in [4.78, 5) is 10.8. The van der Waals surface area contributed by atoms with Crippen molar-refractivity contribution in [1.82, 2.24) is 9.78 Å². The quantitative estimate of drug-likeness (QED) is 0.633. The van der Waals surface area contributed by atoms with Gasteiger partial charge in [-0.3, -0.25) is 9.48 Å². The van der Waals surface area contributed by atoms with E-state index in [-0.39, 0.29) is 0 Å². The summed E-state index contributed by atoms with van der Waals surface area (Å²) in [6.45, 7) is 0.591. The molecule has 0 bridgehead atoms. The van der Waals surface area contributed by atoms with Crippen LogP contribution in [-0.4, -0.2) is 23.2 Å². The van der Waals surface area contributed by atoms with Crippen LogP contribution in [0.5, 0.6) is 5.75 Å². The van der Waals surface area contributed by atoms with Gasteiger partial charge in [-0.25, -0.2) is 0 Å². The molecular formula is C12H11IN2O2. The number of carbonyl (C=O) groups excluding carboxylic acids is 1. The molecule has 0 amide bonds. The molecule has 0 aliphatic heterocycles. The first-order valence-corrected chi connectivity index (χ1v) is 6.11. The van der Waals surface area contributed by atoms with E-state index in [1.165, 1.54) is 0 Å². The Hall–Kier alpha value is -1.37. The third-order valence-corrected chi connectivity index (χ3v) is 2.93. The lowest BCUT2D eigenvalue weighted by molar-refractivity contribution is 0.112. The van der Waals surface area contributed by atoms with Crippen molar-refractivity contribution in [3.8, 4) is 5.75 Å². The Morgan fingerprint density at radius 1 is 1.53 bits per heavy atom. The standard InChI is InChI=1S/C12H11IN2O2/c1-17-12-3-2-9(8-16)4-10(12)6-15-7-11(13)5-14-15/h2-5,7-8H,6H2,1H3. The molecule has 2 rings (SSSR count). The zero-order valence-electron chi connectivity index (χ0n) is 9.26. The summed E-state index contributed by atoms with van der Waals surface area (Å²) in [6.07, 6.45) is 4.56. The summed E-state index contributed by atoms with van der Waals surface area (Å²) in [7, 11) is 1.62. The van der Waals surface area contributed by atoms with Crippen LogP contribution in [0.3, 0.4) is 0 Å². The number of rotatable bonds is 4. The van der Waals surface area contributed by atoms with Gasteiger partial charge >= 0.3 is 0 Å². The largest absolute Gasteiger partial charge is 0.496 e. The van der Waals surface area contributed by atoms with E-state index in [0.717, 1.165) is 21.2 Å². The zero-order chi connectivity index (χ0) is 12.3. The number of aromatic nitrogens is 2. The Morgan fingerprint density at radius 3 is 2.94 bits per heavy atom. The third kappa shape index (κ3) is 2.85. The lowest BCUT2D eigenvalue weighted by Gasteiger charge is -2.09. The first-order valence-electron chi connectivity index (χ1n) is 5.03. The van der Waals surface area contributed by atoms with Crippen molar-refractivity contribution in [1.29, 1.82) is 0 Å². The van der Waals surface area contributed by atoms with Gasteiger partial charge in [-0.15, -0.1) is 0 Å². The molecule has 0 N–H and O–H groups in total. The molecule has 1 heterocycles. The Balaban J connectivity index is 2.32. The van der Waals surface area contributed by atoms with Crippen molar-refractivity contribution in [2.75, 3.05) is 7.11 Å². The number of aldehydes is 1. The van der Waals surface area contributed by atoms with Crippen molar-refractivity contribution in [2.45, 2.75) is 6.54 Å². The van der Waals surface area contributed by atoms with E-state index >= 15 is 0 Å². The average molecular weight is 342 g/mol.